The molecular weight excluding hydrogens is 120 g/mol. The van der Waals surface area contributed by atoms with Crippen molar-refractivity contribution >= 4 is 5.91 Å². The van der Waals surface area contributed by atoms with Crippen LogP contribution in [0.4, 0.5) is 0 Å². The fourth-order valence-corrected chi connectivity index (χ4v) is 0.869. The second kappa shape index (κ2) is 1.34. The van der Waals surface area contributed by atoms with Gasteiger partial charge in [0, 0.05) is 6.08 Å². The number of epoxide rings is 1. The molecule has 0 spiro atoms. The van der Waals surface area contributed by atoms with Crippen LogP contribution in [-0.4, -0.2) is 23.2 Å². The molecule has 2 N–H and O–H groups in total. The zero-order chi connectivity index (χ0) is 6.43. The number of carbonyl (C=O) groups excluding carboxylic acids is 1. The monoisotopic (exact) mass is 126 g/mol. The summed E-state index contributed by atoms with van der Waals surface area (Å²) in [4.78, 5) is 10.7. The van der Waals surface area contributed by atoms with Crippen LogP contribution in [0, 0.1) is 0 Å². The number of amides is 1. The van der Waals surface area contributed by atoms with Crippen molar-refractivity contribution in [1.29, 1.82) is 0 Å². The van der Waals surface area contributed by atoms with Gasteiger partial charge in [0.25, 0.3) is 5.91 Å². The van der Waals surface area contributed by atoms with Crippen molar-refractivity contribution in [2.24, 2.45) is 5.84 Å². The molecule has 2 heterocycles. The van der Waals surface area contributed by atoms with E-state index in [0.717, 1.165) is 5.01 Å². The Labute approximate surface area is 51.8 Å². The third kappa shape index (κ3) is 0.571. The molecule has 1 fully saturated rings. The van der Waals surface area contributed by atoms with E-state index >= 15 is 0 Å². The van der Waals surface area contributed by atoms with Gasteiger partial charge in [0.1, 0.15) is 6.10 Å². The maximum absolute atomic E-state index is 10.7. The zero-order valence-electron chi connectivity index (χ0n) is 4.65. The van der Waals surface area contributed by atoms with Gasteiger partial charge in [-0.05, 0) is 6.08 Å². The lowest BCUT2D eigenvalue weighted by atomic mass is 10.3. The van der Waals surface area contributed by atoms with Gasteiger partial charge in [-0.25, -0.2) is 10.9 Å². The van der Waals surface area contributed by atoms with Gasteiger partial charge in [0.05, 0.1) is 0 Å². The van der Waals surface area contributed by atoms with Crippen LogP contribution < -0.4 is 5.84 Å². The highest BCUT2D eigenvalue weighted by Crippen LogP contribution is 2.28. The SMILES string of the molecule is NN1C(=O)C=CC2OC21. The number of nitrogens with two attached hydrogens (primary N) is 1. The van der Waals surface area contributed by atoms with Crippen molar-refractivity contribution in [2.45, 2.75) is 12.3 Å². The van der Waals surface area contributed by atoms with E-state index < -0.39 is 0 Å². The van der Waals surface area contributed by atoms with Crippen LogP contribution >= 0.6 is 0 Å². The highest BCUT2D eigenvalue weighted by molar-refractivity contribution is 5.88. The molecule has 0 aliphatic carbocycles. The second-order valence-electron chi connectivity index (χ2n) is 2.10. The summed E-state index contributed by atoms with van der Waals surface area (Å²) < 4.78 is 4.95. The molecule has 4 nitrogen and oxygen atoms in total. The molecule has 1 amide bonds. The van der Waals surface area contributed by atoms with Crippen LogP contribution in [0.25, 0.3) is 0 Å². The van der Waals surface area contributed by atoms with E-state index in [1.807, 2.05) is 0 Å². The summed E-state index contributed by atoms with van der Waals surface area (Å²) >= 11 is 0. The minimum Gasteiger partial charge on any atom is -0.342 e. The van der Waals surface area contributed by atoms with Gasteiger partial charge >= 0.3 is 0 Å². The Balaban J connectivity index is 2.25. The molecule has 0 bridgehead atoms. The van der Waals surface area contributed by atoms with Crippen molar-refractivity contribution < 1.29 is 9.53 Å². The smallest absolute Gasteiger partial charge is 0.262 e. The van der Waals surface area contributed by atoms with E-state index in [4.69, 9.17) is 10.6 Å². The average Bonchev–Trinajstić information content (AvgIpc) is 2.58. The fraction of sp³-hybridized carbons (Fsp3) is 0.400. The molecule has 2 rings (SSSR count). The van der Waals surface area contributed by atoms with Gasteiger partial charge in [0.2, 0.25) is 0 Å². The summed E-state index contributed by atoms with van der Waals surface area (Å²) in [5.74, 6) is 5.08. The Morgan fingerprint density at radius 3 is 3.22 bits per heavy atom. The van der Waals surface area contributed by atoms with Gasteiger partial charge in [-0.2, -0.15) is 0 Å². The lowest BCUT2D eigenvalue weighted by Crippen LogP contribution is -2.41. The van der Waals surface area contributed by atoms with Crippen LogP contribution in [0.15, 0.2) is 12.2 Å². The van der Waals surface area contributed by atoms with Crippen LogP contribution in [-0.2, 0) is 9.53 Å². The first kappa shape index (κ1) is 4.96. The number of carbonyl (C=O) groups is 1. The number of hydrazine groups is 1. The van der Waals surface area contributed by atoms with Crippen molar-refractivity contribution in [3.05, 3.63) is 12.2 Å². The van der Waals surface area contributed by atoms with Crippen molar-refractivity contribution in [3.63, 3.8) is 0 Å². The Morgan fingerprint density at radius 2 is 2.56 bits per heavy atom. The Morgan fingerprint density at radius 1 is 1.78 bits per heavy atom. The number of rotatable bonds is 0. The predicted molar refractivity (Wildman–Crippen MR) is 28.8 cm³/mol. The summed E-state index contributed by atoms with van der Waals surface area (Å²) in [5, 5.41) is 1.10. The Bertz CT molecular complexity index is 189. The van der Waals surface area contributed by atoms with Crippen molar-refractivity contribution in [2.75, 3.05) is 0 Å². The zero-order valence-corrected chi connectivity index (χ0v) is 4.65. The third-order valence-electron chi connectivity index (χ3n) is 1.46. The van der Waals surface area contributed by atoms with E-state index in [0.29, 0.717) is 0 Å². The largest absolute Gasteiger partial charge is 0.342 e. The molecule has 2 aliphatic heterocycles. The Kier molecular flexibility index (Phi) is 0.739. The first-order chi connectivity index (χ1) is 4.29. The molecule has 0 saturated carbocycles. The topological polar surface area (TPSA) is 58.9 Å². The number of fused-ring (bicyclic) bond motifs is 1. The minimum atomic E-state index is -0.186. The highest BCUT2D eigenvalue weighted by Gasteiger charge is 2.45. The first-order valence-corrected chi connectivity index (χ1v) is 2.70. The van der Waals surface area contributed by atoms with Crippen LogP contribution in [0.5, 0.6) is 0 Å². The van der Waals surface area contributed by atoms with E-state index in [1.54, 1.807) is 6.08 Å². The third-order valence-corrected chi connectivity index (χ3v) is 1.46. The highest BCUT2D eigenvalue weighted by atomic mass is 16.6. The van der Waals surface area contributed by atoms with Crippen LogP contribution in [0.2, 0.25) is 0 Å². The summed E-state index contributed by atoms with van der Waals surface area (Å²) in [6.07, 6.45) is 3.03. The van der Waals surface area contributed by atoms with Crippen molar-refractivity contribution in [1.82, 2.24) is 5.01 Å². The first-order valence-electron chi connectivity index (χ1n) is 2.70. The van der Waals surface area contributed by atoms with Gasteiger partial charge in [-0.3, -0.25) is 4.79 Å². The standard InChI is InChI=1S/C5H6N2O2/c6-7-4(8)2-1-3-5(7)9-3/h1-3,5H,6H2. The van der Waals surface area contributed by atoms with Crippen LogP contribution in [0.1, 0.15) is 0 Å². The molecule has 2 aliphatic rings. The van der Waals surface area contributed by atoms with Gasteiger partial charge in [0.15, 0.2) is 6.23 Å². The van der Waals surface area contributed by atoms with E-state index in [9.17, 15) is 4.79 Å². The summed E-state index contributed by atoms with van der Waals surface area (Å²) in [5.41, 5.74) is 0. The second-order valence-corrected chi connectivity index (χ2v) is 2.10. The normalized spacial score (nSPS) is 38.8. The fourth-order valence-electron chi connectivity index (χ4n) is 0.869. The van der Waals surface area contributed by atoms with Crippen LogP contribution in [0.3, 0.4) is 0 Å². The molecule has 2 atom stereocenters. The molecule has 4 heteroatoms. The van der Waals surface area contributed by atoms with Crippen molar-refractivity contribution in [3.8, 4) is 0 Å². The number of nitrogens with zero attached hydrogens (tertiary/aromatic N) is 1. The molecule has 0 aromatic rings. The molecule has 0 radical (unpaired) electrons. The summed E-state index contributed by atoms with van der Waals surface area (Å²) in [7, 11) is 0. The molecule has 2 unspecified atom stereocenters. The maximum Gasteiger partial charge on any atom is 0.262 e. The molecule has 9 heavy (non-hydrogen) atoms. The molecule has 1 saturated heterocycles. The number of hydrogen-bond acceptors (Lipinski definition) is 3. The molecule has 48 valence electrons. The average molecular weight is 126 g/mol. The quantitative estimate of drug-likeness (QED) is 0.257. The summed E-state index contributed by atoms with van der Waals surface area (Å²) in [6.45, 7) is 0. The maximum atomic E-state index is 10.7. The van der Waals surface area contributed by atoms with E-state index in [-0.39, 0.29) is 18.2 Å². The molecular formula is C5H6N2O2. The lowest BCUT2D eigenvalue weighted by Gasteiger charge is -2.12. The Hall–Kier alpha value is -0.870. The van der Waals surface area contributed by atoms with E-state index in [1.165, 1.54) is 6.08 Å². The van der Waals surface area contributed by atoms with Gasteiger partial charge in [-0.15, -0.1) is 0 Å². The number of ether oxygens (including phenoxy) is 1. The minimum absolute atomic E-state index is 0.0627. The summed E-state index contributed by atoms with van der Waals surface area (Å²) in [6, 6.07) is 0. The lowest BCUT2D eigenvalue weighted by molar-refractivity contribution is -0.128. The van der Waals surface area contributed by atoms with Gasteiger partial charge in [-0.1, -0.05) is 0 Å². The predicted octanol–water partition coefficient (Wildman–Crippen LogP) is -1.02. The molecule has 0 aromatic heterocycles. The van der Waals surface area contributed by atoms with Gasteiger partial charge < -0.3 is 4.74 Å². The van der Waals surface area contributed by atoms with E-state index in [2.05, 4.69) is 0 Å². The molecule has 0 aromatic carbocycles. The number of hydrogen-bond donors (Lipinski definition) is 1.